The molecule has 30 heavy (non-hydrogen) atoms. The molecule has 1 saturated heterocycles. The van der Waals surface area contributed by atoms with E-state index in [0.717, 1.165) is 53.3 Å². The summed E-state index contributed by atoms with van der Waals surface area (Å²) in [5, 5.41) is 10.2. The lowest BCUT2D eigenvalue weighted by atomic mass is 9.94. The Kier molecular flexibility index (Phi) is 5.79. The number of likely N-dealkylation sites (tertiary alicyclic amines) is 1. The second-order valence-electron chi connectivity index (χ2n) is 7.66. The lowest BCUT2D eigenvalue weighted by molar-refractivity contribution is 0.200. The first-order chi connectivity index (χ1) is 14.8. The van der Waals surface area contributed by atoms with Gasteiger partial charge in [-0.1, -0.05) is 12.1 Å². The van der Waals surface area contributed by atoms with Gasteiger partial charge in [-0.2, -0.15) is 9.61 Å². The van der Waals surface area contributed by atoms with Crippen molar-refractivity contribution in [1.29, 1.82) is 0 Å². The van der Waals surface area contributed by atoms with Gasteiger partial charge in [0.1, 0.15) is 5.82 Å². The third kappa shape index (κ3) is 4.26. The van der Waals surface area contributed by atoms with Crippen LogP contribution in [0.1, 0.15) is 34.9 Å². The zero-order chi connectivity index (χ0) is 20.3. The van der Waals surface area contributed by atoms with E-state index in [1.54, 1.807) is 6.20 Å². The Morgan fingerprint density at radius 1 is 1.23 bits per heavy atom. The minimum atomic E-state index is 0.421. The Labute approximate surface area is 188 Å². The van der Waals surface area contributed by atoms with Gasteiger partial charge >= 0.3 is 0 Å². The van der Waals surface area contributed by atoms with Crippen LogP contribution in [0.4, 0.5) is 5.82 Å². The molecule has 5 rings (SSSR count). The number of nitrogens with zero attached hydrogens (tertiary/aromatic N) is 5. The normalized spacial score (nSPS) is 17.4. The van der Waals surface area contributed by atoms with E-state index in [9.17, 15) is 0 Å². The molecule has 0 aliphatic carbocycles. The van der Waals surface area contributed by atoms with Gasteiger partial charge in [0.2, 0.25) is 0 Å². The summed E-state index contributed by atoms with van der Waals surface area (Å²) in [7, 11) is 0. The predicted octanol–water partition coefficient (Wildman–Crippen LogP) is 4.94. The summed E-state index contributed by atoms with van der Waals surface area (Å²) in [4.78, 5) is 13.2. The Morgan fingerprint density at radius 2 is 2.20 bits per heavy atom. The van der Waals surface area contributed by atoms with Crippen LogP contribution in [-0.2, 0) is 13.1 Å². The molecule has 4 aromatic rings. The van der Waals surface area contributed by atoms with E-state index in [2.05, 4.69) is 65.9 Å². The van der Waals surface area contributed by atoms with Gasteiger partial charge in [-0.15, -0.1) is 11.3 Å². The first kappa shape index (κ1) is 19.7. The van der Waals surface area contributed by atoms with Gasteiger partial charge < -0.3 is 5.32 Å². The molecular weight excluding hydrogens is 460 g/mol. The number of nitrogens with one attached hydrogen (secondary N) is 1. The molecule has 154 valence electrons. The average molecular weight is 483 g/mol. The summed E-state index contributed by atoms with van der Waals surface area (Å²) in [5.41, 5.74) is 3.12. The van der Waals surface area contributed by atoms with Gasteiger partial charge in [0.15, 0.2) is 5.65 Å². The summed E-state index contributed by atoms with van der Waals surface area (Å²) in [6.45, 7) is 3.91. The maximum Gasteiger partial charge on any atom is 0.171 e. The predicted molar refractivity (Wildman–Crippen MR) is 124 cm³/mol. The topological polar surface area (TPSA) is 58.4 Å². The van der Waals surface area contributed by atoms with E-state index in [0.29, 0.717) is 12.5 Å². The van der Waals surface area contributed by atoms with Gasteiger partial charge in [0.25, 0.3) is 0 Å². The molecule has 4 aromatic heterocycles. The van der Waals surface area contributed by atoms with Crippen molar-refractivity contribution in [2.24, 2.45) is 0 Å². The van der Waals surface area contributed by atoms with Gasteiger partial charge in [-0.3, -0.25) is 9.88 Å². The van der Waals surface area contributed by atoms with Crippen molar-refractivity contribution in [3.63, 3.8) is 0 Å². The Balaban J connectivity index is 1.40. The first-order valence-electron chi connectivity index (χ1n) is 10.2. The Morgan fingerprint density at radius 3 is 3.03 bits per heavy atom. The van der Waals surface area contributed by atoms with Crippen molar-refractivity contribution in [1.82, 2.24) is 24.5 Å². The van der Waals surface area contributed by atoms with Crippen LogP contribution in [0.5, 0.6) is 0 Å². The second kappa shape index (κ2) is 8.83. The van der Waals surface area contributed by atoms with Crippen LogP contribution in [0.15, 0.2) is 58.8 Å². The lowest BCUT2D eigenvalue weighted by Crippen LogP contribution is -2.34. The number of anilines is 1. The number of hydrogen-bond donors (Lipinski definition) is 1. The molecule has 6 nitrogen and oxygen atoms in total. The third-order valence-electron chi connectivity index (χ3n) is 5.53. The number of rotatable bonds is 6. The van der Waals surface area contributed by atoms with Gasteiger partial charge in [0, 0.05) is 48.9 Å². The maximum absolute atomic E-state index is 4.98. The molecule has 0 saturated carbocycles. The van der Waals surface area contributed by atoms with E-state index in [-0.39, 0.29) is 0 Å². The summed E-state index contributed by atoms with van der Waals surface area (Å²) < 4.78 is 2.79. The third-order valence-corrected chi connectivity index (χ3v) is 6.95. The molecule has 1 N–H and O–H groups in total. The molecular formula is C22H23BrN6S. The number of thiophene rings is 1. The van der Waals surface area contributed by atoms with E-state index < -0.39 is 0 Å². The molecule has 0 spiro atoms. The highest BCUT2D eigenvalue weighted by Gasteiger charge is 2.24. The number of halogens is 1. The highest BCUT2D eigenvalue weighted by Crippen LogP contribution is 2.30. The molecule has 0 amide bonds. The van der Waals surface area contributed by atoms with Crippen LogP contribution in [0.3, 0.4) is 0 Å². The Bertz CT molecular complexity index is 1110. The van der Waals surface area contributed by atoms with Gasteiger partial charge in [-0.25, -0.2) is 4.98 Å². The number of pyridine rings is 1. The minimum absolute atomic E-state index is 0.421. The largest absolute Gasteiger partial charge is 0.366 e. The number of fused-ring (bicyclic) bond motifs is 1. The fourth-order valence-corrected chi connectivity index (χ4v) is 5.14. The van der Waals surface area contributed by atoms with E-state index >= 15 is 0 Å². The fraction of sp³-hybridized carbons (Fsp3) is 0.318. The molecule has 0 radical (unpaired) electrons. The van der Waals surface area contributed by atoms with Crippen molar-refractivity contribution < 1.29 is 0 Å². The molecule has 1 unspecified atom stereocenters. The van der Waals surface area contributed by atoms with Crippen molar-refractivity contribution >= 4 is 38.7 Å². The molecule has 0 bridgehead atoms. The van der Waals surface area contributed by atoms with Crippen LogP contribution in [-0.4, -0.2) is 37.6 Å². The first-order valence-corrected chi connectivity index (χ1v) is 11.9. The van der Waals surface area contributed by atoms with Crippen LogP contribution < -0.4 is 5.32 Å². The van der Waals surface area contributed by atoms with Crippen molar-refractivity contribution in [3.8, 4) is 0 Å². The zero-order valence-electron chi connectivity index (χ0n) is 16.5. The van der Waals surface area contributed by atoms with E-state index in [1.807, 2.05) is 34.3 Å². The van der Waals surface area contributed by atoms with E-state index in [1.165, 1.54) is 11.3 Å². The lowest BCUT2D eigenvalue weighted by Gasteiger charge is -2.32. The molecule has 0 aromatic carbocycles. The highest BCUT2D eigenvalue weighted by atomic mass is 79.9. The summed E-state index contributed by atoms with van der Waals surface area (Å²) in [6.07, 6.45) is 7.85. The van der Waals surface area contributed by atoms with Gasteiger partial charge in [-0.05, 0) is 58.4 Å². The summed E-state index contributed by atoms with van der Waals surface area (Å²) >= 11 is 5.45. The van der Waals surface area contributed by atoms with Crippen molar-refractivity contribution in [3.05, 3.63) is 74.9 Å². The van der Waals surface area contributed by atoms with Crippen LogP contribution >= 0.6 is 27.3 Å². The molecule has 1 aliphatic heterocycles. The van der Waals surface area contributed by atoms with Crippen LogP contribution in [0, 0.1) is 0 Å². The zero-order valence-corrected chi connectivity index (χ0v) is 18.9. The Hall–Kier alpha value is -2.29. The van der Waals surface area contributed by atoms with Crippen LogP contribution in [0.2, 0.25) is 0 Å². The van der Waals surface area contributed by atoms with Crippen LogP contribution in [0.25, 0.3) is 5.65 Å². The monoisotopic (exact) mass is 482 g/mol. The fourth-order valence-electron chi connectivity index (χ4n) is 4.05. The molecule has 1 atom stereocenters. The average Bonchev–Trinajstić information content (AvgIpc) is 3.43. The standard InChI is InChI=1S/C22H23BrN6S/c23-19-13-26-29-21(25-12-16-4-1-7-24-11-16)10-20(27-22(19)29)17-5-2-8-28(14-17)15-18-6-3-9-30-18/h1,3-4,6-7,9-11,13,17,25H,2,5,8,12,14-15H2. The van der Waals surface area contributed by atoms with Crippen molar-refractivity contribution in [2.75, 3.05) is 18.4 Å². The molecule has 5 heterocycles. The number of aromatic nitrogens is 4. The van der Waals surface area contributed by atoms with Crippen molar-refractivity contribution in [2.45, 2.75) is 31.8 Å². The quantitative estimate of drug-likeness (QED) is 0.421. The smallest absolute Gasteiger partial charge is 0.171 e. The second-order valence-corrected chi connectivity index (χ2v) is 9.55. The minimum Gasteiger partial charge on any atom is -0.366 e. The SMILES string of the molecule is Brc1cnn2c(NCc3cccnc3)cc(C3CCCN(Cc4cccs4)C3)nc12. The molecule has 1 aliphatic rings. The highest BCUT2D eigenvalue weighted by molar-refractivity contribution is 9.10. The molecule has 1 fully saturated rings. The number of hydrogen-bond acceptors (Lipinski definition) is 6. The molecule has 8 heteroatoms. The van der Waals surface area contributed by atoms with Gasteiger partial charge in [0.05, 0.1) is 16.4 Å². The summed E-state index contributed by atoms with van der Waals surface area (Å²) in [5.74, 6) is 1.38. The maximum atomic E-state index is 4.98. The number of piperidine rings is 1. The van der Waals surface area contributed by atoms with E-state index in [4.69, 9.17) is 4.98 Å². The summed E-state index contributed by atoms with van der Waals surface area (Å²) in [6, 6.07) is 10.6.